The number of alkyl halides is 1. The molecule has 1 aliphatic heterocycles. The van der Waals surface area contributed by atoms with Crippen LogP contribution in [0, 0.1) is 17.6 Å². The van der Waals surface area contributed by atoms with Gasteiger partial charge < -0.3 is 10.5 Å². The average Bonchev–Trinajstić information content (AvgIpc) is 3.44. The molecule has 1 aromatic carbocycles. The fraction of sp³-hybridized carbons (Fsp3) is 0.316. The molecule has 0 radical (unpaired) electrons. The first-order valence-corrected chi connectivity index (χ1v) is 9.34. The molecule has 2 aromatic rings. The minimum atomic E-state index is -1.65. The standard InChI is InChI=1S/C19H15BrF3N3O2/c20-10-1-2-14(25-7-10)15(27)5-9-3-12(17(23)13(22)4-9)19(8-21)11-6-16(11)28-18(24)26-19/h1-4,7,11,16H,5-6,8H2,(H2,24,26)/t11-,16+,19-/m1/s1. The van der Waals surface area contributed by atoms with Gasteiger partial charge >= 0.3 is 0 Å². The number of carbonyl (C=O) groups excluding carboxylic acids is 1. The summed E-state index contributed by atoms with van der Waals surface area (Å²) in [4.78, 5) is 20.5. The van der Waals surface area contributed by atoms with Crippen molar-refractivity contribution in [3.63, 3.8) is 0 Å². The Morgan fingerprint density at radius 3 is 2.82 bits per heavy atom. The van der Waals surface area contributed by atoms with Gasteiger partial charge in [0.25, 0.3) is 6.02 Å². The van der Waals surface area contributed by atoms with Crippen LogP contribution in [0.3, 0.4) is 0 Å². The van der Waals surface area contributed by atoms with Crippen LogP contribution in [-0.4, -0.2) is 29.6 Å². The van der Waals surface area contributed by atoms with Gasteiger partial charge in [-0.3, -0.25) is 9.78 Å². The normalized spacial score (nSPS) is 25.5. The fourth-order valence-corrected chi connectivity index (χ4v) is 3.84. The summed E-state index contributed by atoms with van der Waals surface area (Å²) in [5.41, 5.74) is 4.11. The summed E-state index contributed by atoms with van der Waals surface area (Å²) in [7, 11) is 0. The molecule has 0 unspecified atom stereocenters. The van der Waals surface area contributed by atoms with E-state index in [4.69, 9.17) is 10.5 Å². The molecule has 9 heteroatoms. The van der Waals surface area contributed by atoms with Gasteiger partial charge in [0.2, 0.25) is 0 Å². The first kappa shape index (κ1) is 18.9. The molecule has 4 rings (SSSR count). The number of Topliss-reactive ketones (excluding diaryl/α,β-unsaturated/α-hetero) is 1. The quantitative estimate of drug-likeness (QED) is 0.703. The number of benzene rings is 1. The molecule has 1 saturated carbocycles. The van der Waals surface area contributed by atoms with E-state index >= 15 is 0 Å². The molecule has 28 heavy (non-hydrogen) atoms. The van der Waals surface area contributed by atoms with Crippen molar-refractivity contribution in [1.29, 1.82) is 0 Å². The molecular formula is C19H15BrF3N3O2. The largest absolute Gasteiger partial charge is 0.462 e. The van der Waals surface area contributed by atoms with E-state index in [1.807, 2.05) is 0 Å². The number of aliphatic imine (C=N–C) groups is 1. The second-order valence-corrected chi connectivity index (χ2v) is 7.82. The van der Waals surface area contributed by atoms with Gasteiger partial charge in [0.15, 0.2) is 17.4 Å². The summed E-state index contributed by atoms with van der Waals surface area (Å²) < 4.78 is 49.0. The van der Waals surface area contributed by atoms with Crippen LogP contribution in [0.15, 0.2) is 39.9 Å². The van der Waals surface area contributed by atoms with Crippen LogP contribution in [0.4, 0.5) is 13.2 Å². The van der Waals surface area contributed by atoms with Crippen LogP contribution in [0.5, 0.6) is 0 Å². The van der Waals surface area contributed by atoms with E-state index < -0.39 is 29.8 Å². The van der Waals surface area contributed by atoms with Gasteiger partial charge in [-0.2, -0.15) is 0 Å². The fourth-order valence-electron chi connectivity index (χ4n) is 3.61. The highest BCUT2D eigenvalue weighted by molar-refractivity contribution is 9.10. The van der Waals surface area contributed by atoms with Gasteiger partial charge in [-0.15, -0.1) is 0 Å². The van der Waals surface area contributed by atoms with E-state index in [9.17, 15) is 18.0 Å². The third kappa shape index (κ3) is 3.17. The maximum atomic E-state index is 14.6. The van der Waals surface area contributed by atoms with E-state index in [2.05, 4.69) is 25.9 Å². The number of hydrogen-bond donors (Lipinski definition) is 1. The Labute approximate surface area is 166 Å². The maximum absolute atomic E-state index is 14.6. The number of fused-ring (bicyclic) bond motifs is 1. The van der Waals surface area contributed by atoms with E-state index in [-0.39, 0.29) is 41.2 Å². The summed E-state index contributed by atoms with van der Waals surface area (Å²) in [6, 6.07) is 5.14. The molecule has 3 atom stereocenters. The molecular weight excluding hydrogens is 439 g/mol. The smallest absolute Gasteiger partial charge is 0.283 e. The van der Waals surface area contributed by atoms with Gasteiger partial charge in [0.05, 0.1) is 0 Å². The molecule has 146 valence electrons. The molecule has 2 N–H and O–H groups in total. The number of aromatic nitrogens is 1. The minimum Gasteiger partial charge on any atom is -0.462 e. The van der Waals surface area contributed by atoms with Crippen LogP contribution in [-0.2, 0) is 16.7 Å². The highest BCUT2D eigenvalue weighted by atomic mass is 79.9. The van der Waals surface area contributed by atoms with Crippen molar-refractivity contribution in [1.82, 2.24) is 4.98 Å². The number of ether oxygens (including phenoxy) is 1. The predicted octanol–water partition coefficient (Wildman–Crippen LogP) is 3.45. The number of nitrogens with zero attached hydrogens (tertiary/aromatic N) is 2. The van der Waals surface area contributed by atoms with Crippen molar-refractivity contribution in [2.45, 2.75) is 24.5 Å². The van der Waals surface area contributed by atoms with Crippen LogP contribution < -0.4 is 5.73 Å². The zero-order chi connectivity index (χ0) is 20.1. The Hall–Kier alpha value is -2.42. The van der Waals surface area contributed by atoms with Crippen molar-refractivity contribution in [2.75, 3.05) is 6.67 Å². The van der Waals surface area contributed by atoms with Gasteiger partial charge in [-0.25, -0.2) is 18.2 Å². The van der Waals surface area contributed by atoms with Gasteiger partial charge in [-0.05, 0) is 52.2 Å². The monoisotopic (exact) mass is 453 g/mol. The highest BCUT2D eigenvalue weighted by Gasteiger charge is 2.60. The van der Waals surface area contributed by atoms with E-state index in [0.29, 0.717) is 10.9 Å². The molecule has 0 amide bonds. The molecule has 0 spiro atoms. The number of pyridine rings is 1. The molecule has 2 aliphatic rings. The zero-order valence-electron chi connectivity index (χ0n) is 14.5. The van der Waals surface area contributed by atoms with Crippen molar-refractivity contribution in [3.05, 3.63) is 63.4 Å². The second-order valence-electron chi connectivity index (χ2n) is 6.91. The molecule has 5 nitrogen and oxygen atoms in total. The Kier molecular flexibility index (Phi) is 4.65. The summed E-state index contributed by atoms with van der Waals surface area (Å²) in [5, 5.41) is 0. The van der Waals surface area contributed by atoms with Crippen LogP contribution >= 0.6 is 15.9 Å². The average molecular weight is 454 g/mol. The molecule has 1 fully saturated rings. The Bertz CT molecular complexity index is 983. The van der Waals surface area contributed by atoms with Gasteiger partial charge in [0.1, 0.15) is 24.0 Å². The summed E-state index contributed by atoms with van der Waals surface area (Å²) in [5.74, 6) is -3.18. The summed E-state index contributed by atoms with van der Waals surface area (Å²) in [6.45, 7) is -1.06. The molecule has 1 aliphatic carbocycles. The Morgan fingerprint density at radius 1 is 1.36 bits per heavy atom. The lowest BCUT2D eigenvalue weighted by Crippen LogP contribution is -2.40. The lowest BCUT2D eigenvalue weighted by molar-refractivity contribution is 0.0988. The SMILES string of the molecule is NC1=N[C@@](CF)(c2cc(CC(=O)c3ccc(Br)cn3)cc(F)c2F)[C@@H]2C[C@@H]2O1. The third-order valence-electron chi connectivity index (χ3n) is 5.06. The first-order chi connectivity index (χ1) is 13.3. The molecule has 0 bridgehead atoms. The number of amidine groups is 1. The Morgan fingerprint density at radius 2 is 2.14 bits per heavy atom. The number of rotatable bonds is 5. The predicted molar refractivity (Wildman–Crippen MR) is 98.6 cm³/mol. The molecule has 0 saturated heterocycles. The molecule has 1 aromatic heterocycles. The number of nitrogens with two attached hydrogens (primary N) is 1. The van der Waals surface area contributed by atoms with Crippen LogP contribution in [0.1, 0.15) is 28.0 Å². The second kappa shape index (κ2) is 6.88. The molecule has 2 heterocycles. The van der Waals surface area contributed by atoms with Crippen molar-refractivity contribution in [2.24, 2.45) is 16.6 Å². The lowest BCUT2D eigenvalue weighted by Gasteiger charge is -2.31. The highest BCUT2D eigenvalue weighted by Crippen LogP contribution is 2.53. The summed E-state index contributed by atoms with van der Waals surface area (Å²) in [6.07, 6.45) is 1.33. The minimum absolute atomic E-state index is 0.185. The zero-order valence-corrected chi connectivity index (χ0v) is 16.0. The van der Waals surface area contributed by atoms with Crippen molar-refractivity contribution in [3.8, 4) is 0 Å². The van der Waals surface area contributed by atoms with Crippen LogP contribution in [0.2, 0.25) is 0 Å². The lowest BCUT2D eigenvalue weighted by atomic mass is 9.84. The van der Waals surface area contributed by atoms with Crippen molar-refractivity contribution >= 4 is 27.7 Å². The Balaban J connectivity index is 1.72. The third-order valence-corrected chi connectivity index (χ3v) is 5.53. The number of halogens is 4. The van der Waals surface area contributed by atoms with Crippen LogP contribution in [0.25, 0.3) is 0 Å². The van der Waals surface area contributed by atoms with E-state index in [1.165, 1.54) is 18.3 Å². The summed E-state index contributed by atoms with van der Waals surface area (Å²) >= 11 is 3.23. The topological polar surface area (TPSA) is 77.6 Å². The van der Waals surface area contributed by atoms with E-state index in [0.717, 1.165) is 6.07 Å². The van der Waals surface area contributed by atoms with E-state index in [1.54, 1.807) is 6.07 Å². The first-order valence-electron chi connectivity index (χ1n) is 8.55. The maximum Gasteiger partial charge on any atom is 0.283 e. The number of carbonyl (C=O) groups is 1. The van der Waals surface area contributed by atoms with Gasteiger partial charge in [-0.1, -0.05) is 0 Å². The van der Waals surface area contributed by atoms with Crippen molar-refractivity contribution < 1.29 is 22.7 Å². The number of hydrogen-bond acceptors (Lipinski definition) is 5. The van der Waals surface area contributed by atoms with Gasteiger partial charge in [0, 0.05) is 28.6 Å². The number of ketones is 1.